The lowest BCUT2D eigenvalue weighted by Gasteiger charge is -2.17. The molecular formula is C16H20N2O3. The number of benzene rings is 1. The van der Waals surface area contributed by atoms with Crippen LogP contribution < -0.4 is 10.2 Å². The molecule has 0 spiro atoms. The number of rotatable bonds is 3. The molecule has 1 aromatic carbocycles. The summed E-state index contributed by atoms with van der Waals surface area (Å²) in [4.78, 5) is 25.5. The maximum absolute atomic E-state index is 12.1. The van der Waals surface area contributed by atoms with Crippen LogP contribution in [0.1, 0.15) is 32.1 Å². The van der Waals surface area contributed by atoms with Gasteiger partial charge in [-0.25, -0.2) is 0 Å². The maximum atomic E-state index is 12.1. The van der Waals surface area contributed by atoms with Crippen molar-refractivity contribution in [3.63, 3.8) is 0 Å². The van der Waals surface area contributed by atoms with E-state index in [9.17, 15) is 14.7 Å². The van der Waals surface area contributed by atoms with Gasteiger partial charge in [-0.2, -0.15) is 0 Å². The number of amides is 2. The Labute approximate surface area is 123 Å². The molecule has 2 fully saturated rings. The third kappa shape index (κ3) is 2.93. The summed E-state index contributed by atoms with van der Waals surface area (Å²) in [6.07, 6.45) is 3.33. The van der Waals surface area contributed by atoms with E-state index in [4.69, 9.17) is 0 Å². The average Bonchev–Trinajstić information content (AvgIpc) is 3.08. The topological polar surface area (TPSA) is 69.6 Å². The predicted octanol–water partition coefficient (Wildman–Crippen LogP) is 1.91. The third-order valence-electron chi connectivity index (χ3n) is 4.34. The molecule has 21 heavy (non-hydrogen) atoms. The van der Waals surface area contributed by atoms with Crippen LogP contribution in [-0.2, 0) is 9.59 Å². The standard InChI is InChI=1S/C16H20N2O3/c19-14-4-1-3-13(14)16(21)17-11-6-8-12(9-7-11)18-10-2-5-15(18)20/h6-9,13-14,19H,1-5,10H2,(H,17,21). The smallest absolute Gasteiger partial charge is 0.230 e. The van der Waals surface area contributed by atoms with Crippen molar-refractivity contribution in [1.82, 2.24) is 0 Å². The number of carbonyl (C=O) groups is 2. The highest BCUT2D eigenvalue weighted by atomic mass is 16.3. The molecule has 2 atom stereocenters. The second-order valence-corrected chi connectivity index (χ2v) is 5.79. The number of hydrogen-bond acceptors (Lipinski definition) is 3. The quantitative estimate of drug-likeness (QED) is 0.892. The molecule has 0 radical (unpaired) electrons. The van der Waals surface area contributed by atoms with Crippen molar-refractivity contribution in [3.05, 3.63) is 24.3 Å². The van der Waals surface area contributed by atoms with Crippen molar-refractivity contribution >= 4 is 23.2 Å². The molecule has 3 rings (SSSR count). The lowest BCUT2D eigenvalue weighted by atomic mass is 10.1. The van der Waals surface area contributed by atoms with E-state index >= 15 is 0 Å². The molecule has 1 aliphatic heterocycles. The highest BCUT2D eigenvalue weighted by Gasteiger charge is 2.31. The summed E-state index contributed by atoms with van der Waals surface area (Å²) in [6.45, 7) is 0.763. The fourth-order valence-electron chi connectivity index (χ4n) is 3.13. The molecule has 2 unspecified atom stereocenters. The van der Waals surface area contributed by atoms with Gasteiger partial charge in [0.15, 0.2) is 0 Å². The SMILES string of the molecule is O=C(Nc1ccc(N2CCCC2=O)cc1)C1CCCC1O. The van der Waals surface area contributed by atoms with E-state index in [1.807, 2.05) is 12.1 Å². The molecule has 0 bridgehead atoms. The van der Waals surface area contributed by atoms with E-state index < -0.39 is 6.10 Å². The Kier molecular flexibility index (Phi) is 3.92. The van der Waals surface area contributed by atoms with Gasteiger partial charge in [0.05, 0.1) is 12.0 Å². The van der Waals surface area contributed by atoms with Gasteiger partial charge in [0, 0.05) is 24.3 Å². The molecule has 2 aliphatic rings. The molecule has 5 heteroatoms. The van der Waals surface area contributed by atoms with Crippen LogP contribution in [0, 0.1) is 5.92 Å². The summed E-state index contributed by atoms with van der Waals surface area (Å²) in [5.74, 6) is -0.268. The Morgan fingerprint density at radius 1 is 1.19 bits per heavy atom. The molecule has 2 N–H and O–H groups in total. The first-order valence-corrected chi connectivity index (χ1v) is 7.54. The van der Waals surface area contributed by atoms with Crippen molar-refractivity contribution in [1.29, 1.82) is 0 Å². The van der Waals surface area contributed by atoms with Crippen LogP contribution in [-0.4, -0.2) is 29.6 Å². The summed E-state index contributed by atoms with van der Waals surface area (Å²) in [5.41, 5.74) is 1.57. The zero-order chi connectivity index (χ0) is 14.8. The zero-order valence-electron chi connectivity index (χ0n) is 11.9. The first kappa shape index (κ1) is 14.1. The molecule has 2 amide bonds. The normalized spacial score (nSPS) is 25.4. The molecule has 5 nitrogen and oxygen atoms in total. The number of hydrogen-bond donors (Lipinski definition) is 2. The van der Waals surface area contributed by atoms with E-state index in [1.54, 1.807) is 17.0 Å². The number of aliphatic hydroxyl groups is 1. The monoisotopic (exact) mass is 288 g/mol. The second-order valence-electron chi connectivity index (χ2n) is 5.79. The minimum atomic E-state index is -0.522. The van der Waals surface area contributed by atoms with Gasteiger partial charge in [-0.3, -0.25) is 9.59 Å². The van der Waals surface area contributed by atoms with Crippen LogP contribution in [0.25, 0.3) is 0 Å². The number of anilines is 2. The van der Waals surface area contributed by atoms with Gasteiger partial charge in [-0.1, -0.05) is 0 Å². The lowest BCUT2D eigenvalue weighted by Crippen LogP contribution is -2.28. The van der Waals surface area contributed by atoms with Crippen molar-refractivity contribution in [2.75, 3.05) is 16.8 Å². The molecule has 1 aliphatic carbocycles. The molecule has 112 valence electrons. The molecule has 1 aromatic rings. The number of aliphatic hydroxyl groups excluding tert-OH is 1. The Morgan fingerprint density at radius 2 is 1.95 bits per heavy atom. The molecule has 1 saturated carbocycles. The Morgan fingerprint density at radius 3 is 2.52 bits per heavy atom. The lowest BCUT2D eigenvalue weighted by molar-refractivity contribution is -0.122. The van der Waals surface area contributed by atoms with E-state index in [1.165, 1.54) is 0 Å². The van der Waals surface area contributed by atoms with Crippen LogP contribution in [0.2, 0.25) is 0 Å². The second kappa shape index (κ2) is 5.85. The fourth-order valence-corrected chi connectivity index (χ4v) is 3.13. The van der Waals surface area contributed by atoms with Crippen LogP contribution in [0.4, 0.5) is 11.4 Å². The van der Waals surface area contributed by atoms with Crippen LogP contribution in [0.15, 0.2) is 24.3 Å². The fraction of sp³-hybridized carbons (Fsp3) is 0.500. The van der Waals surface area contributed by atoms with Crippen molar-refractivity contribution in [2.24, 2.45) is 5.92 Å². The Bertz CT molecular complexity index is 541. The summed E-state index contributed by atoms with van der Waals surface area (Å²) in [6, 6.07) is 7.31. The van der Waals surface area contributed by atoms with E-state index in [2.05, 4.69) is 5.32 Å². The van der Waals surface area contributed by atoms with Crippen molar-refractivity contribution in [3.8, 4) is 0 Å². The van der Waals surface area contributed by atoms with Gasteiger partial charge in [0.2, 0.25) is 11.8 Å². The van der Waals surface area contributed by atoms with Gasteiger partial charge in [-0.05, 0) is 49.9 Å². The zero-order valence-corrected chi connectivity index (χ0v) is 11.9. The van der Waals surface area contributed by atoms with Crippen LogP contribution in [0.3, 0.4) is 0 Å². The van der Waals surface area contributed by atoms with Gasteiger partial charge in [-0.15, -0.1) is 0 Å². The Hall–Kier alpha value is -1.88. The molecule has 1 heterocycles. The Balaban J connectivity index is 1.64. The first-order chi connectivity index (χ1) is 10.1. The average molecular weight is 288 g/mol. The van der Waals surface area contributed by atoms with Crippen molar-refractivity contribution in [2.45, 2.75) is 38.2 Å². The molecular weight excluding hydrogens is 268 g/mol. The first-order valence-electron chi connectivity index (χ1n) is 7.54. The summed E-state index contributed by atoms with van der Waals surface area (Å²) in [5, 5.41) is 12.6. The highest BCUT2D eigenvalue weighted by Crippen LogP contribution is 2.27. The number of nitrogens with zero attached hydrogens (tertiary/aromatic N) is 1. The van der Waals surface area contributed by atoms with Gasteiger partial charge in [0.1, 0.15) is 0 Å². The molecule has 1 saturated heterocycles. The van der Waals surface area contributed by atoms with Crippen molar-refractivity contribution < 1.29 is 14.7 Å². The largest absolute Gasteiger partial charge is 0.392 e. The minimum absolute atomic E-state index is 0.120. The van der Waals surface area contributed by atoms with Crippen LogP contribution in [0.5, 0.6) is 0 Å². The van der Waals surface area contributed by atoms with Gasteiger partial charge in [0.25, 0.3) is 0 Å². The third-order valence-corrected chi connectivity index (χ3v) is 4.34. The van der Waals surface area contributed by atoms with Gasteiger partial charge < -0.3 is 15.3 Å². The van der Waals surface area contributed by atoms with Gasteiger partial charge >= 0.3 is 0 Å². The number of nitrogens with one attached hydrogen (secondary N) is 1. The number of carbonyl (C=O) groups excluding carboxylic acids is 2. The molecule has 0 aromatic heterocycles. The summed E-state index contributed by atoms with van der Waals surface area (Å²) < 4.78 is 0. The summed E-state index contributed by atoms with van der Waals surface area (Å²) in [7, 11) is 0. The van der Waals surface area contributed by atoms with E-state index in [0.29, 0.717) is 18.5 Å². The summed E-state index contributed by atoms with van der Waals surface area (Å²) >= 11 is 0. The maximum Gasteiger partial charge on any atom is 0.230 e. The van der Waals surface area contributed by atoms with Crippen LogP contribution >= 0.6 is 0 Å². The minimum Gasteiger partial charge on any atom is -0.392 e. The highest BCUT2D eigenvalue weighted by molar-refractivity contribution is 5.96. The predicted molar refractivity (Wildman–Crippen MR) is 80.0 cm³/mol. The van der Waals surface area contributed by atoms with E-state index in [-0.39, 0.29) is 17.7 Å². The van der Waals surface area contributed by atoms with E-state index in [0.717, 1.165) is 31.5 Å².